The van der Waals surface area contributed by atoms with Crippen LogP contribution >= 0.6 is 12.6 Å². The second kappa shape index (κ2) is 7.06. The summed E-state index contributed by atoms with van der Waals surface area (Å²) >= 11 is 3.78. The molecule has 0 unspecified atom stereocenters. The van der Waals surface area contributed by atoms with E-state index in [1.807, 2.05) is 31.2 Å². The molecule has 5 heteroatoms. The SMILES string of the molecule is CCN(CCOc1ccccc1OC)C(=O)S. The number of ether oxygens (including phenoxy) is 2. The standard InChI is InChI=1S/C12H17NO3S/c1-3-13(12(14)17)8-9-16-11-7-5-4-6-10(11)15-2/h4-7H,3,8-9H2,1-2H3,(H,14,17). The summed E-state index contributed by atoms with van der Waals surface area (Å²) in [5.41, 5.74) is 0. The molecule has 1 aromatic carbocycles. The summed E-state index contributed by atoms with van der Waals surface area (Å²) in [5, 5.41) is -0.240. The Hall–Kier alpha value is -1.36. The van der Waals surface area contributed by atoms with Crippen molar-refractivity contribution in [2.45, 2.75) is 6.92 Å². The normalized spacial score (nSPS) is 9.82. The molecule has 0 aromatic heterocycles. The highest BCUT2D eigenvalue weighted by Crippen LogP contribution is 2.25. The van der Waals surface area contributed by atoms with Gasteiger partial charge in [-0.15, -0.1) is 0 Å². The van der Waals surface area contributed by atoms with Gasteiger partial charge >= 0.3 is 0 Å². The van der Waals surface area contributed by atoms with Crippen LogP contribution in [0.25, 0.3) is 0 Å². The Balaban J connectivity index is 2.47. The fourth-order valence-corrected chi connectivity index (χ4v) is 1.63. The van der Waals surface area contributed by atoms with Crippen LogP contribution in [0.1, 0.15) is 6.92 Å². The van der Waals surface area contributed by atoms with Crippen LogP contribution in [-0.2, 0) is 0 Å². The number of hydrogen-bond acceptors (Lipinski definition) is 3. The Labute approximate surface area is 107 Å². The number of likely N-dealkylation sites (N-methyl/N-ethyl adjacent to an activating group) is 1. The molecule has 0 aliphatic rings. The Kier molecular flexibility index (Phi) is 5.69. The van der Waals surface area contributed by atoms with E-state index >= 15 is 0 Å². The Morgan fingerprint density at radius 2 is 2.00 bits per heavy atom. The Morgan fingerprint density at radius 3 is 2.53 bits per heavy atom. The fourth-order valence-electron chi connectivity index (χ4n) is 1.39. The van der Waals surface area contributed by atoms with Gasteiger partial charge in [0.05, 0.1) is 13.7 Å². The number of carbonyl (C=O) groups is 1. The van der Waals surface area contributed by atoms with E-state index in [0.29, 0.717) is 31.2 Å². The van der Waals surface area contributed by atoms with Gasteiger partial charge < -0.3 is 14.4 Å². The molecule has 94 valence electrons. The lowest BCUT2D eigenvalue weighted by molar-refractivity contribution is 0.206. The largest absolute Gasteiger partial charge is 0.493 e. The van der Waals surface area contributed by atoms with Gasteiger partial charge in [0.15, 0.2) is 11.5 Å². The van der Waals surface area contributed by atoms with Crippen molar-refractivity contribution < 1.29 is 14.3 Å². The first-order valence-corrected chi connectivity index (χ1v) is 5.87. The topological polar surface area (TPSA) is 38.8 Å². The van der Waals surface area contributed by atoms with Crippen molar-refractivity contribution in [3.05, 3.63) is 24.3 Å². The van der Waals surface area contributed by atoms with Crippen LogP contribution in [0.2, 0.25) is 0 Å². The third kappa shape index (κ3) is 4.19. The monoisotopic (exact) mass is 255 g/mol. The number of hydrogen-bond donors (Lipinski definition) is 1. The van der Waals surface area contributed by atoms with E-state index in [2.05, 4.69) is 12.6 Å². The smallest absolute Gasteiger partial charge is 0.278 e. The maximum atomic E-state index is 11.1. The zero-order valence-corrected chi connectivity index (χ0v) is 10.9. The number of para-hydroxylation sites is 2. The molecule has 0 aliphatic carbocycles. The summed E-state index contributed by atoms with van der Waals surface area (Å²) in [4.78, 5) is 12.6. The number of methoxy groups -OCH3 is 1. The number of carbonyl (C=O) groups excluding carboxylic acids is 1. The van der Waals surface area contributed by atoms with Gasteiger partial charge in [-0.2, -0.15) is 0 Å². The molecule has 0 saturated heterocycles. The van der Waals surface area contributed by atoms with Gasteiger partial charge in [0.1, 0.15) is 6.61 Å². The molecule has 1 aromatic rings. The summed E-state index contributed by atoms with van der Waals surface area (Å²) in [5.74, 6) is 1.37. The molecule has 0 N–H and O–H groups in total. The van der Waals surface area contributed by atoms with Crippen LogP contribution < -0.4 is 9.47 Å². The van der Waals surface area contributed by atoms with Crippen molar-refractivity contribution >= 4 is 17.9 Å². The van der Waals surface area contributed by atoms with E-state index in [1.54, 1.807) is 12.0 Å². The van der Waals surface area contributed by atoms with Gasteiger partial charge in [0.2, 0.25) is 0 Å². The highest BCUT2D eigenvalue weighted by Gasteiger charge is 2.07. The molecule has 4 nitrogen and oxygen atoms in total. The van der Waals surface area contributed by atoms with Crippen molar-refractivity contribution in [1.29, 1.82) is 0 Å². The average Bonchev–Trinajstić information content (AvgIpc) is 2.34. The summed E-state index contributed by atoms with van der Waals surface area (Å²) in [6.45, 7) is 3.45. The third-order valence-corrected chi connectivity index (χ3v) is 2.62. The van der Waals surface area contributed by atoms with Crippen molar-refractivity contribution in [3.63, 3.8) is 0 Å². The van der Waals surface area contributed by atoms with Crippen LogP contribution in [-0.4, -0.2) is 36.9 Å². The van der Waals surface area contributed by atoms with Gasteiger partial charge in [-0.25, -0.2) is 0 Å². The summed E-state index contributed by atoms with van der Waals surface area (Å²) in [7, 11) is 1.60. The lowest BCUT2D eigenvalue weighted by atomic mass is 10.3. The van der Waals surface area contributed by atoms with Gasteiger partial charge in [-0.05, 0) is 19.1 Å². The van der Waals surface area contributed by atoms with Crippen molar-refractivity contribution in [3.8, 4) is 11.5 Å². The van der Waals surface area contributed by atoms with Crippen LogP contribution in [0.3, 0.4) is 0 Å². The molecule has 0 aliphatic heterocycles. The van der Waals surface area contributed by atoms with Gasteiger partial charge in [0, 0.05) is 6.54 Å². The van der Waals surface area contributed by atoms with Gasteiger partial charge in [-0.3, -0.25) is 4.79 Å². The zero-order valence-electron chi connectivity index (χ0n) is 10.0. The lowest BCUT2D eigenvalue weighted by Crippen LogP contribution is -2.30. The lowest BCUT2D eigenvalue weighted by Gasteiger charge is -2.18. The molecule has 0 spiro atoms. The number of thiol groups is 1. The molecule has 1 rings (SSSR count). The third-order valence-electron chi connectivity index (χ3n) is 2.34. The Morgan fingerprint density at radius 1 is 1.35 bits per heavy atom. The van der Waals surface area contributed by atoms with E-state index in [4.69, 9.17) is 9.47 Å². The number of amides is 1. The molecule has 0 bridgehead atoms. The van der Waals surface area contributed by atoms with E-state index in [1.165, 1.54) is 0 Å². The molecular weight excluding hydrogens is 238 g/mol. The minimum absolute atomic E-state index is 0.240. The van der Waals surface area contributed by atoms with E-state index < -0.39 is 0 Å². The van der Waals surface area contributed by atoms with E-state index in [0.717, 1.165) is 0 Å². The average molecular weight is 255 g/mol. The molecule has 0 fully saturated rings. The van der Waals surface area contributed by atoms with E-state index in [-0.39, 0.29) is 5.24 Å². The Bertz CT molecular complexity index is 371. The maximum Gasteiger partial charge on any atom is 0.278 e. The summed E-state index contributed by atoms with van der Waals surface area (Å²) in [6, 6.07) is 7.41. The molecule has 0 atom stereocenters. The first-order valence-electron chi connectivity index (χ1n) is 5.42. The summed E-state index contributed by atoms with van der Waals surface area (Å²) in [6.07, 6.45) is 0. The minimum Gasteiger partial charge on any atom is -0.493 e. The predicted molar refractivity (Wildman–Crippen MR) is 70.1 cm³/mol. The van der Waals surface area contributed by atoms with Crippen LogP contribution in [0, 0.1) is 0 Å². The van der Waals surface area contributed by atoms with Crippen molar-refractivity contribution in [2.75, 3.05) is 26.8 Å². The molecule has 0 radical (unpaired) electrons. The molecular formula is C12H17NO3S. The number of nitrogens with zero attached hydrogens (tertiary/aromatic N) is 1. The first kappa shape index (κ1) is 13.7. The maximum absolute atomic E-state index is 11.1. The molecule has 1 amide bonds. The first-order chi connectivity index (χ1) is 8.19. The van der Waals surface area contributed by atoms with Gasteiger partial charge in [0.25, 0.3) is 5.24 Å². The van der Waals surface area contributed by atoms with Crippen molar-refractivity contribution in [2.24, 2.45) is 0 Å². The zero-order chi connectivity index (χ0) is 12.7. The highest BCUT2D eigenvalue weighted by molar-refractivity contribution is 7.96. The summed E-state index contributed by atoms with van der Waals surface area (Å²) < 4.78 is 10.7. The van der Waals surface area contributed by atoms with Crippen LogP contribution in [0.4, 0.5) is 4.79 Å². The number of rotatable bonds is 6. The molecule has 17 heavy (non-hydrogen) atoms. The predicted octanol–water partition coefficient (Wildman–Crippen LogP) is 2.45. The second-order valence-electron chi connectivity index (χ2n) is 3.36. The van der Waals surface area contributed by atoms with Gasteiger partial charge in [-0.1, -0.05) is 24.8 Å². The second-order valence-corrected chi connectivity index (χ2v) is 3.74. The minimum atomic E-state index is -0.240. The quantitative estimate of drug-likeness (QED) is 0.794. The number of benzene rings is 1. The van der Waals surface area contributed by atoms with Crippen LogP contribution in [0.5, 0.6) is 11.5 Å². The van der Waals surface area contributed by atoms with Crippen molar-refractivity contribution in [1.82, 2.24) is 4.90 Å². The fraction of sp³-hybridized carbons (Fsp3) is 0.417. The molecule has 0 saturated carbocycles. The molecule has 0 heterocycles. The highest BCUT2D eigenvalue weighted by atomic mass is 32.1. The van der Waals surface area contributed by atoms with E-state index in [9.17, 15) is 4.79 Å². The van der Waals surface area contributed by atoms with Crippen LogP contribution in [0.15, 0.2) is 24.3 Å².